The number of ether oxygens (including phenoxy) is 3. The van der Waals surface area contributed by atoms with E-state index in [4.69, 9.17) is 19.9 Å². The van der Waals surface area contributed by atoms with Crippen molar-refractivity contribution < 1.29 is 43.9 Å². The molecule has 42 heavy (non-hydrogen) atoms. The summed E-state index contributed by atoms with van der Waals surface area (Å²) < 4.78 is 16.5. The zero-order valence-electron chi connectivity index (χ0n) is 24.9. The van der Waals surface area contributed by atoms with Gasteiger partial charge in [-0.2, -0.15) is 0 Å². The van der Waals surface area contributed by atoms with Crippen molar-refractivity contribution in [2.45, 2.75) is 65.5 Å². The van der Waals surface area contributed by atoms with E-state index in [2.05, 4.69) is 10.6 Å². The van der Waals surface area contributed by atoms with E-state index in [1.54, 1.807) is 32.9 Å². The van der Waals surface area contributed by atoms with E-state index in [1.165, 1.54) is 46.3 Å². The largest absolute Gasteiger partial charge is 0.506 e. The Labute approximate surface area is 245 Å². The molecule has 1 heterocycles. The number of aliphatic hydroxyl groups excluding tert-OH is 1. The van der Waals surface area contributed by atoms with Crippen LogP contribution in [0.25, 0.3) is 6.08 Å². The summed E-state index contributed by atoms with van der Waals surface area (Å²) in [6.07, 6.45) is 3.58. The van der Waals surface area contributed by atoms with Crippen LogP contribution in [0.1, 0.15) is 46.6 Å². The maximum Gasteiger partial charge on any atom is 0.405 e. The molecule has 0 aromatic heterocycles. The molecule has 7 N–H and O–H groups in total. The summed E-state index contributed by atoms with van der Waals surface area (Å²) in [6, 6.07) is 1.13. The molecular weight excluding hydrogens is 546 g/mol. The van der Waals surface area contributed by atoms with Gasteiger partial charge in [0.2, 0.25) is 5.91 Å². The minimum Gasteiger partial charge on any atom is -0.506 e. The molecule has 12 nitrogen and oxygen atoms in total. The van der Waals surface area contributed by atoms with Crippen molar-refractivity contribution in [1.29, 1.82) is 0 Å². The summed E-state index contributed by atoms with van der Waals surface area (Å²) in [6.45, 7) is 8.00. The number of amides is 3. The average Bonchev–Trinajstić information content (AvgIpc) is 2.91. The van der Waals surface area contributed by atoms with Gasteiger partial charge in [-0.25, -0.2) is 4.79 Å². The molecule has 0 spiro atoms. The summed E-state index contributed by atoms with van der Waals surface area (Å²) in [4.78, 5) is 36.5. The Morgan fingerprint density at radius 2 is 1.81 bits per heavy atom. The number of benzene rings is 1. The number of nitrogens with two attached hydrogens (primary N) is 1. The third-order valence-corrected chi connectivity index (χ3v) is 6.80. The molecule has 5 atom stereocenters. The van der Waals surface area contributed by atoms with Crippen LogP contribution in [-0.2, 0) is 23.8 Å². The van der Waals surface area contributed by atoms with E-state index in [1.807, 2.05) is 0 Å². The van der Waals surface area contributed by atoms with E-state index in [-0.39, 0.29) is 34.7 Å². The predicted molar refractivity (Wildman–Crippen MR) is 159 cm³/mol. The lowest BCUT2D eigenvalue weighted by Gasteiger charge is -2.28. The lowest BCUT2D eigenvalue weighted by atomic mass is 9.91. The fourth-order valence-corrected chi connectivity index (χ4v) is 4.59. The number of rotatable bonds is 4. The highest BCUT2D eigenvalue weighted by Crippen LogP contribution is 2.42. The van der Waals surface area contributed by atoms with Gasteiger partial charge in [-0.1, -0.05) is 36.8 Å². The molecule has 1 aromatic carbocycles. The van der Waals surface area contributed by atoms with Gasteiger partial charge in [-0.15, -0.1) is 0 Å². The van der Waals surface area contributed by atoms with Gasteiger partial charge in [0.15, 0.2) is 6.10 Å². The van der Waals surface area contributed by atoms with Crippen LogP contribution < -0.4 is 16.4 Å². The molecule has 2 bridgehead atoms. The average molecular weight is 588 g/mol. The fraction of sp³-hybridized carbons (Fsp3) is 0.433. The number of aromatic hydroxyl groups is 2. The van der Waals surface area contributed by atoms with E-state index in [9.17, 15) is 29.7 Å². The molecule has 0 fully saturated rings. The number of hydrogen-bond acceptors (Lipinski definition) is 9. The molecule has 0 unspecified atom stereocenters. The van der Waals surface area contributed by atoms with Crippen LogP contribution in [0, 0.1) is 5.92 Å². The summed E-state index contributed by atoms with van der Waals surface area (Å²) in [7, 11) is 2.87. The summed E-state index contributed by atoms with van der Waals surface area (Å²) in [5, 5.41) is 38.1. The van der Waals surface area contributed by atoms with Crippen molar-refractivity contribution in [3.8, 4) is 11.5 Å². The van der Waals surface area contributed by atoms with Gasteiger partial charge in [-0.3, -0.25) is 9.59 Å². The van der Waals surface area contributed by atoms with E-state index >= 15 is 0 Å². The number of aliphatic hydroxyl groups is 1. The summed E-state index contributed by atoms with van der Waals surface area (Å²) >= 11 is 0. The number of phenolic OH excluding ortho intramolecular Hbond substituents is 2. The Bertz CT molecular complexity index is 1300. The van der Waals surface area contributed by atoms with Crippen molar-refractivity contribution in [1.82, 2.24) is 0 Å². The minimum absolute atomic E-state index is 0.0500. The zero-order valence-corrected chi connectivity index (χ0v) is 24.9. The normalized spacial score (nSPS) is 27.4. The second-order valence-electron chi connectivity index (χ2n) is 10.2. The Kier molecular flexibility index (Phi) is 12.3. The van der Waals surface area contributed by atoms with Crippen LogP contribution in [0.5, 0.6) is 11.5 Å². The van der Waals surface area contributed by atoms with Gasteiger partial charge >= 0.3 is 6.09 Å². The molecule has 1 aliphatic rings. The highest BCUT2D eigenvalue weighted by Gasteiger charge is 2.29. The number of nitrogens with one attached hydrogen (secondary N) is 2. The quantitative estimate of drug-likeness (QED) is 0.173. The lowest BCUT2D eigenvalue weighted by Crippen LogP contribution is -2.36. The topological polar surface area (TPSA) is 190 Å². The number of primary amides is 1. The summed E-state index contributed by atoms with van der Waals surface area (Å²) in [5.41, 5.74) is 6.65. The van der Waals surface area contributed by atoms with Crippen molar-refractivity contribution >= 4 is 35.4 Å². The van der Waals surface area contributed by atoms with E-state index in [0.29, 0.717) is 11.1 Å². The first kappa shape index (κ1) is 34.1. The van der Waals surface area contributed by atoms with Gasteiger partial charge in [0.05, 0.1) is 23.6 Å². The highest BCUT2D eigenvalue weighted by molar-refractivity contribution is 6.06. The Morgan fingerprint density at radius 3 is 2.38 bits per heavy atom. The molecule has 0 aliphatic carbocycles. The molecule has 0 saturated heterocycles. The first-order valence-corrected chi connectivity index (χ1v) is 13.3. The van der Waals surface area contributed by atoms with Crippen molar-refractivity contribution in [2.24, 2.45) is 11.7 Å². The smallest absolute Gasteiger partial charge is 0.405 e. The zero-order chi connectivity index (χ0) is 31.7. The van der Waals surface area contributed by atoms with Crippen LogP contribution >= 0.6 is 0 Å². The SMILES string of the molecule is CO[C@H]1/C=C\C=C(/C)C(=O)Nc2cc(O)c(NC(C)=O)c(c2O)/C=C(/C)C[C@H](OC)[C@H](O)[C@@H](C)C=C(C)[C@@H]1OC(N)=O. The fourth-order valence-electron chi connectivity index (χ4n) is 4.59. The number of carbonyl (C=O) groups excluding carboxylic acids is 3. The molecule has 230 valence electrons. The Balaban J connectivity index is 2.76. The number of phenols is 2. The first-order chi connectivity index (χ1) is 19.7. The Morgan fingerprint density at radius 1 is 1.14 bits per heavy atom. The maximum absolute atomic E-state index is 13.0. The number of carbonyl (C=O) groups is 3. The highest BCUT2D eigenvalue weighted by atomic mass is 16.6. The van der Waals surface area contributed by atoms with Gasteiger partial charge in [0, 0.05) is 44.3 Å². The minimum atomic E-state index is -1.02. The molecule has 3 amide bonds. The van der Waals surface area contributed by atoms with Gasteiger partial charge in [0.1, 0.15) is 17.6 Å². The number of methoxy groups -OCH3 is 2. The standard InChI is InChI=1S/C30H41N3O9/c1-15-11-20-25(32-19(5)34)22(35)14-21(27(20)37)33-29(38)16(2)9-8-10-23(40-6)28(42-30(31)39)18(4)13-17(3)26(36)24(12-15)41-7/h8-11,13-14,17,23-24,26,28,35-37H,12H2,1-7H3,(H2,31,39)(H,32,34)(H,33,38)/b10-8-,15-11-,16-9+,18-13?/t17-,23-,24-,26+,28-/m0/s1. The van der Waals surface area contributed by atoms with Crippen molar-refractivity contribution in [3.63, 3.8) is 0 Å². The molecule has 0 saturated carbocycles. The van der Waals surface area contributed by atoms with Crippen LogP contribution in [0.15, 0.2) is 47.1 Å². The van der Waals surface area contributed by atoms with Crippen LogP contribution in [0.3, 0.4) is 0 Å². The number of allylic oxidation sites excluding steroid dienone is 2. The Hall–Kier alpha value is -4.13. The van der Waals surface area contributed by atoms with Gasteiger partial charge in [0.25, 0.3) is 5.91 Å². The molecular formula is C30H41N3O9. The second-order valence-corrected chi connectivity index (χ2v) is 10.2. The monoisotopic (exact) mass is 587 g/mol. The van der Waals surface area contributed by atoms with E-state index < -0.39 is 54.0 Å². The molecule has 0 radical (unpaired) electrons. The van der Waals surface area contributed by atoms with Crippen LogP contribution in [-0.4, -0.2) is 71.9 Å². The number of fused-ring (bicyclic) bond motifs is 2. The van der Waals surface area contributed by atoms with Crippen molar-refractivity contribution in [2.75, 3.05) is 24.9 Å². The predicted octanol–water partition coefficient (Wildman–Crippen LogP) is 3.74. The molecule has 2 rings (SSSR count). The van der Waals surface area contributed by atoms with Crippen molar-refractivity contribution in [3.05, 3.63) is 52.7 Å². The maximum atomic E-state index is 13.0. The third kappa shape index (κ3) is 8.93. The van der Waals surface area contributed by atoms with Crippen LogP contribution in [0.4, 0.5) is 16.2 Å². The second kappa shape index (κ2) is 15.2. The van der Waals surface area contributed by atoms with E-state index in [0.717, 1.165) is 6.07 Å². The third-order valence-electron chi connectivity index (χ3n) is 6.80. The number of hydrogen-bond donors (Lipinski definition) is 6. The molecule has 1 aromatic rings. The van der Waals surface area contributed by atoms with Gasteiger partial charge < -0.3 is 45.9 Å². The number of anilines is 2. The van der Waals surface area contributed by atoms with Crippen LogP contribution in [0.2, 0.25) is 0 Å². The lowest BCUT2D eigenvalue weighted by molar-refractivity contribution is -0.114. The van der Waals surface area contributed by atoms with Gasteiger partial charge in [-0.05, 0) is 38.8 Å². The summed E-state index contributed by atoms with van der Waals surface area (Å²) in [5.74, 6) is -2.33. The molecule has 1 aliphatic heterocycles. The molecule has 12 heteroatoms. The first-order valence-electron chi connectivity index (χ1n) is 13.3.